The average molecular weight is 240 g/mol. The molecule has 0 saturated carbocycles. The SMILES string of the molecule is [2H]/C(=C\c1c([2H])c([2H])c2c(c1[2H])OC([2H])([2H])O2)C(O)C(C)(C)C. The lowest BCUT2D eigenvalue weighted by atomic mass is 9.89. The zero-order valence-corrected chi connectivity index (χ0v) is 9.92. The first-order valence-corrected chi connectivity index (χ1v) is 5.23. The van der Waals surface area contributed by atoms with Gasteiger partial charge < -0.3 is 14.6 Å². The monoisotopic (exact) mass is 240 g/mol. The normalized spacial score (nSPS) is 25.1. The van der Waals surface area contributed by atoms with Crippen molar-refractivity contribution < 1.29 is 22.8 Å². The van der Waals surface area contributed by atoms with Gasteiger partial charge in [-0.3, -0.25) is 0 Å². The molecule has 0 saturated heterocycles. The Kier molecular flexibility index (Phi) is 1.68. The lowest BCUT2D eigenvalue weighted by Gasteiger charge is -2.22. The summed E-state index contributed by atoms with van der Waals surface area (Å²) in [4.78, 5) is 0. The van der Waals surface area contributed by atoms with Crippen molar-refractivity contribution >= 4 is 6.08 Å². The molecule has 0 aromatic heterocycles. The van der Waals surface area contributed by atoms with E-state index in [1.807, 2.05) is 0 Å². The van der Waals surface area contributed by atoms with Gasteiger partial charge in [0.05, 0.1) is 11.6 Å². The number of fused-ring (bicyclic) bond motifs is 1. The smallest absolute Gasteiger partial charge is 0.231 e. The first-order valence-electron chi connectivity index (χ1n) is 8.23. The van der Waals surface area contributed by atoms with E-state index < -0.39 is 24.3 Å². The molecule has 1 atom stereocenters. The van der Waals surface area contributed by atoms with Crippen LogP contribution in [-0.4, -0.2) is 18.0 Å². The van der Waals surface area contributed by atoms with Gasteiger partial charge in [-0.2, -0.15) is 0 Å². The van der Waals surface area contributed by atoms with Crippen molar-refractivity contribution in [2.24, 2.45) is 5.41 Å². The Morgan fingerprint density at radius 3 is 2.88 bits per heavy atom. The number of benzene rings is 1. The third-order valence-corrected chi connectivity index (χ3v) is 2.26. The molecule has 1 aliphatic heterocycles. The van der Waals surface area contributed by atoms with Gasteiger partial charge in [0.15, 0.2) is 11.5 Å². The van der Waals surface area contributed by atoms with E-state index in [1.54, 1.807) is 20.8 Å². The maximum Gasteiger partial charge on any atom is 0.231 e. The minimum atomic E-state index is -2.50. The number of aliphatic hydroxyl groups is 1. The second-order valence-corrected chi connectivity index (χ2v) is 4.81. The summed E-state index contributed by atoms with van der Waals surface area (Å²) in [6.07, 6.45) is 0.0169. The Bertz CT molecular complexity index is 678. The minimum absolute atomic E-state index is 0.0941. The largest absolute Gasteiger partial charge is 0.454 e. The maximum atomic E-state index is 10.1. The van der Waals surface area contributed by atoms with Gasteiger partial charge in [-0.05, 0) is 23.1 Å². The molecule has 1 heterocycles. The summed E-state index contributed by atoms with van der Waals surface area (Å²) in [7, 11) is 0. The van der Waals surface area contributed by atoms with Crippen LogP contribution >= 0.6 is 0 Å². The molecule has 1 aliphatic rings. The van der Waals surface area contributed by atoms with E-state index in [-0.39, 0.29) is 35.2 Å². The summed E-state index contributed by atoms with van der Waals surface area (Å²) < 4.78 is 56.3. The molecule has 0 fully saturated rings. The van der Waals surface area contributed by atoms with Crippen LogP contribution in [0.5, 0.6) is 11.5 Å². The maximum absolute atomic E-state index is 10.1. The fourth-order valence-corrected chi connectivity index (χ4v) is 1.12. The highest BCUT2D eigenvalue weighted by atomic mass is 16.7. The zero-order chi connectivity index (χ0) is 17.7. The summed E-state index contributed by atoms with van der Waals surface area (Å²) in [6, 6.07) is -1.38. The predicted molar refractivity (Wildman–Crippen MR) is 67.1 cm³/mol. The number of aliphatic hydroxyl groups excluding tert-OH is 1. The standard InChI is InChI=1S/C14H18O3/c1-14(2,3)13(15)7-5-10-4-6-11-12(8-10)17-9-16-11/h4-8,13,15H,9H2,1-3H3/b7-5+/i4D,6D,7D,8D,9D2. The van der Waals surface area contributed by atoms with Gasteiger partial charge in [-0.25, -0.2) is 0 Å². The van der Waals surface area contributed by atoms with Gasteiger partial charge in [0.25, 0.3) is 0 Å². The van der Waals surface area contributed by atoms with Crippen LogP contribution in [0.3, 0.4) is 0 Å². The van der Waals surface area contributed by atoms with Crippen LogP contribution < -0.4 is 9.47 Å². The zero-order valence-electron chi connectivity index (χ0n) is 15.9. The van der Waals surface area contributed by atoms with Crippen LogP contribution in [0.25, 0.3) is 6.08 Å². The fourth-order valence-electron chi connectivity index (χ4n) is 1.12. The van der Waals surface area contributed by atoms with Crippen LogP contribution in [0.2, 0.25) is 0 Å². The van der Waals surface area contributed by atoms with Crippen LogP contribution in [0.15, 0.2) is 24.2 Å². The van der Waals surface area contributed by atoms with Crippen LogP contribution in [0.4, 0.5) is 0 Å². The van der Waals surface area contributed by atoms with Crippen molar-refractivity contribution in [3.63, 3.8) is 0 Å². The molecule has 1 aromatic rings. The molecule has 1 unspecified atom stereocenters. The van der Waals surface area contributed by atoms with E-state index in [4.69, 9.17) is 17.7 Å². The van der Waals surface area contributed by atoms with Gasteiger partial charge in [-0.15, -0.1) is 0 Å². The topological polar surface area (TPSA) is 38.7 Å². The lowest BCUT2D eigenvalue weighted by Crippen LogP contribution is -2.23. The number of rotatable bonds is 2. The number of hydrogen-bond donors (Lipinski definition) is 1. The van der Waals surface area contributed by atoms with Crippen molar-refractivity contribution in [2.75, 3.05) is 6.75 Å². The van der Waals surface area contributed by atoms with Gasteiger partial charge >= 0.3 is 0 Å². The van der Waals surface area contributed by atoms with E-state index in [0.29, 0.717) is 0 Å². The van der Waals surface area contributed by atoms with Gasteiger partial charge in [0, 0.05) is 0 Å². The van der Waals surface area contributed by atoms with E-state index in [9.17, 15) is 5.11 Å². The average Bonchev–Trinajstić information content (AvgIpc) is 2.75. The van der Waals surface area contributed by atoms with E-state index in [1.165, 1.54) is 0 Å². The first kappa shape index (κ1) is 6.45. The highest BCUT2D eigenvalue weighted by molar-refractivity contribution is 5.56. The van der Waals surface area contributed by atoms with Crippen LogP contribution in [0.1, 0.15) is 34.6 Å². The molecule has 0 radical (unpaired) electrons. The van der Waals surface area contributed by atoms with E-state index in [0.717, 1.165) is 6.08 Å². The van der Waals surface area contributed by atoms with Crippen LogP contribution in [-0.2, 0) is 0 Å². The first-order chi connectivity index (χ1) is 10.3. The molecule has 1 aromatic carbocycles. The summed E-state index contributed by atoms with van der Waals surface area (Å²) in [5, 5.41) is 10.1. The fraction of sp³-hybridized carbons (Fsp3) is 0.429. The number of ether oxygens (including phenoxy) is 2. The third-order valence-electron chi connectivity index (χ3n) is 2.26. The second-order valence-electron chi connectivity index (χ2n) is 4.81. The second kappa shape index (κ2) is 4.41. The molecule has 3 nitrogen and oxygen atoms in total. The van der Waals surface area contributed by atoms with Gasteiger partial charge in [-0.1, -0.05) is 38.9 Å². The summed E-state index contributed by atoms with van der Waals surface area (Å²) >= 11 is 0. The minimum Gasteiger partial charge on any atom is -0.454 e. The predicted octanol–water partition coefficient (Wildman–Crippen LogP) is 2.84. The molecule has 2 rings (SSSR count). The third kappa shape index (κ3) is 2.80. The van der Waals surface area contributed by atoms with Crippen molar-refractivity contribution in [2.45, 2.75) is 26.9 Å². The molecular formula is C14H18O3. The summed E-state index contributed by atoms with van der Waals surface area (Å²) in [5.74, 6) is -0.578. The summed E-state index contributed by atoms with van der Waals surface area (Å²) in [6.45, 7) is 2.73. The summed E-state index contributed by atoms with van der Waals surface area (Å²) in [5.41, 5.74) is -0.696. The molecule has 0 bridgehead atoms. The quantitative estimate of drug-likeness (QED) is 0.864. The molecule has 1 N–H and O–H groups in total. The molecule has 17 heavy (non-hydrogen) atoms. The molecule has 92 valence electrons. The number of hydrogen-bond acceptors (Lipinski definition) is 3. The lowest BCUT2D eigenvalue weighted by molar-refractivity contribution is 0.106. The molecule has 0 amide bonds. The Balaban J connectivity index is 2.57. The van der Waals surface area contributed by atoms with Crippen molar-refractivity contribution in [1.29, 1.82) is 0 Å². The van der Waals surface area contributed by atoms with Gasteiger partial charge in [0.2, 0.25) is 6.75 Å². The van der Waals surface area contributed by atoms with E-state index >= 15 is 0 Å². The Morgan fingerprint density at radius 1 is 1.47 bits per heavy atom. The van der Waals surface area contributed by atoms with Crippen molar-refractivity contribution in [3.05, 3.63) is 29.7 Å². The Morgan fingerprint density at radius 2 is 2.18 bits per heavy atom. The Hall–Kier alpha value is -1.48. The highest BCUT2D eigenvalue weighted by Gasteiger charge is 2.19. The van der Waals surface area contributed by atoms with E-state index in [2.05, 4.69) is 0 Å². The molecule has 0 aliphatic carbocycles. The van der Waals surface area contributed by atoms with Crippen molar-refractivity contribution in [1.82, 2.24) is 0 Å². The van der Waals surface area contributed by atoms with Crippen LogP contribution in [0, 0.1) is 5.41 Å². The van der Waals surface area contributed by atoms with Crippen molar-refractivity contribution in [3.8, 4) is 11.5 Å². The Labute approximate surface area is 110 Å². The molecule has 3 heteroatoms. The van der Waals surface area contributed by atoms with Gasteiger partial charge in [0.1, 0.15) is 2.74 Å². The molecule has 0 spiro atoms. The molecular weight excluding hydrogens is 216 g/mol. The highest BCUT2D eigenvalue weighted by Crippen LogP contribution is 2.33.